The SMILES string of the molecule is CNC(C)c1ccc(OC(C)CC(C)C)c(Br)c1. The van der Waals surface area contributed by atoms with Crippen molar-refractivity contribution < 1.29 is 4.74 Å². The quantitative estimate of drug-likeness (QED) is 0.832. The lowest BCUT2D eigenvalue weighted by Crippen LogP contribution is -2.15. The van der Waals surface area contributed by atoms with Gasteiger partial charge < -0.3 is 10.1 Å². The third-order valence-electron chi connectivity index (χ3n) is 3.02. The summed E-state index contributed by atoms with van der Waals surface area (Å²) >= 11 is 3.59. The molecule has 18 heavy (non-hydrogen) atoms. The van der Waals surface area contributed by atoms with Gasteiger partial charge in [-0.15, -0.1) is 0 Å². The molecule has 0 heterocycles. The van der Waals surface area contributed by atoms with Crippen molar-refractivity contribution in [1.82, 2.24) is 5.32 Å². The lowest BCUT2D eigenvalue weighted by Gasteiger charge is -2.19. The smallest absolute Gasteiger partial charge is 0.133 e. The highest BCUT2D eigenvalue weighted by atomic mass is 79.9. The zero-order valence-corrected chi connectivity index (χ0v) is 13.5. The number of nitrogens with one attached hydrogen (secondary N) is 1. The van der Waals surface area contributed by atoms with Gasteiger partial charge in [-0.25, -0.2) is 0 Å². The van der Waals surface area contributed by atoms with Gasteiger partial charge in [-0.1, -0.05) is 19.9 Å². The fourth-order valence-corrected chi connectivity index (χ4v) is 2.47. The van der Waals surface area contributed by atoms with E-state index in [-0.39, 0.29) is 6.10 Å². The Bertz CT molecular complexity index is 379. The minimum Gasteiger partial charge on any atom is -0.490 e. The number of rotatable bonds is 6. The van der Waals surface area contributed by atoms with E-state index in [1.165, 1.54) is 5.56 Å². The molecular weight excluding hydrogens is 290 g/mol. The minimum absolute atomic E-state index is 0.244. The molecule has 2 atom stereocenters. The summed E-state index contributed by atoms with van der Waals surface area (Å²) in [5, 5.41) is 3.23. The van der Waals surface area contributed by atoms with Crippen LogP contribution < -0.4 is 10.1 Å². The molecule has 102 valence electrons. The Morgan fingerprint density at radius 3 is 2.39 bits per heavy atom. The predicted octanol–water partition coefficient (Wildman–Crippen LogP) is 4.54. The van der Waals surface area contributed by atoms with E-state index in [0.29, 0.717) is 12.0 Å². The molecule has 0 bridgehead atoms. The number of benzene rings is 1. The Kier molecular flexibility index (Phi) is 6.16. The Balaban J connectivity index is 2.73. The molecule has 0 fully saturated rings. The van der Waals surface area contributed by atoms with E-state index in [1.54, 1.807) is 0 Å². The molecule has 0 radical (unpaired) electrons. The van der Waals surface area contributed by atoms with Gasteiger partial charge in [-0.2, -0.15) is 0 Å². The molecule has 1 rings (SSSR count). The Hall–Kier alpha value is -0.540. The normalized spacial score (nSPS) is 14.6. The average Bonchev–Trinajstić information content (AvgIpc) is 2.29. The van der Waals surface area contributed by atoms with Crippen molar-refractivity contribution >= 4 is 15.9 Å². The second-order valence-electron chi connectivity index (χ2n) is 5.26. The molecule has 0 aromatic heterocycles. The summed E-state index contributed by atoms with van der Waals surface area (Å²) in [7, 11) is 1.97. The first-order valence-corrected chi connectivity index (χ1v) is 7.36. The summed E-state index contributed by atoms with van der Waals surface area (Å²) in [5.74, 6) is 1.58. The number of hydrogen-bond acceptors (Lipinski definition) is 2. The standard InChI is InChI=1S/C15H24BrNO/c1-10(2)8-11(3)18-15-7-6-13(9-14(15)16)12(4)17-5/h6-7,9-12,17H,8H2,1-5H3. The molecule has 0 aliphatic rings. The Morgan fingerprint density at radius 2 is 1.89 bits per heavy atom. The zero-order valence-electron chi connectivity index (χ0n) is 12.0. The third kappa shape index (κ3) is 4.62. The zero-order chi connectivity index (χ0) is 13.7. The first kappa shape index (κ1) is 15.5. The van der Waals surface area contributed by atoms with E-state index in [1.807, 2.05) is 13.1 Å². The molecular formula is C15H24BrNO. The summed E-state index contributed by atoms with van der Waals surface area (Å²) in [4.78, 5) is 0. The molecule has 2 nitrogen and oxygen atoms in total. The molecule has 0 amide bonds. The maximum atomic E-state index is 5.96. The van der Waals surface area contributed by atoms with Crippen LogP contribution in [0, 0.1) is 5.92 Å². The highest BCUT2D eigenvalue weighted by Crippen LogP contribution is 2.29. The average molecular weight is 314 g/mol. The molecule has 0 saturated heterocycles. The Morgan fingerprint density at radius 1 is 1.22 bits per heavy atom. The summed E-state index contributed by atoms with van der Waals surface area (Å²) in [6.45, 7) is 8.69. The van der Waals surface area contributed by atoms with Crippen molar-refractivity contribution in [1.29, 1.82) is 0 Å². The topological polar surface area (TPSA) is 21.3 Å². The van der Waals surface area contributed by atoms with Crippen LogP contribution in [0.1, 0.15) is 45.7 Å². The van der Waals surface area contributed by atoms with Gasteiger partial charge in [0.2, 0.25) is 0 Å². The fraction of sp³-hybridized carbons (Fsp3) is 0.600. The first-order valence-electron chi connectivity index (χ1n) is 6.57. The van der Waals surface area contributed by atoms with Crippen molar-refractivity contribution in [2.24, 2.45) is 5.92 Å². The van der Waals surface area contributed by atoms with Gasteiger partial charge in [0.1, 0.15) is 5.75 Å². The van der Waals surface area contributed by atoms with Gasteiger partial charge in [0, 0.05) is 6.04 Å². The molecule has 1 aromatic carbocycles. The van der Waals surface area contributed by atoms with E-state index >= 15 is 0 Å². The highest BCUT2D eigenvalue weighted by Gasteiger charge is 2.11. The van der Waals surface area contributed by atoms with Crippen molar-refractivity contribution in [2.75, 3.05) is 7.05 Å². The molecule has 0 aliphatic carbocycles. The molecule has 2 unspecified atom stereocenters. The summed E-state index contributed by atoms with van der Waals surface area (Å²) in [6, 6.07) is 6.63. The van der Waals surface area contributed by atoms with E-state index in [9.17, 15) is 0 Å². The number of hydrogen-bond donors (Lipinski definition) is 1. The molecule has 1 aromatic rings. The monoisotopic (exact) mass is 313 g/mol. The van der Waals surface area contributed by atoms with Crippen molar-refractivity contribution in [3.63, 3.8) is 0 Å². The lowest BCUT2D eigenvalue weighted by atomic mass is 10.1. The maximum absolute atomic E-state index is 5.96. The second kappa shape index (κ2) is 7.15. The lowest BCUT2D eigenvalue weighted by molar-refractivity contribution is 0.192. The third-order valence-corrected chi connectivity index (χ3v) is 3.64. The first-order chi connectivity index (χ1) is 8.43. The molecule has 0 aliphatic heterocycles. The van der Waals surface area contributed by atoms with Gasteiger partial charge in [0.25, 0.3) is 0 Å². The fourth-order valence-electron chi connectivity index (χ4n) is 1.98. The van der Waals surface area contributed by atoms with Crippen LogP contribution >= 0.6 is 15.9 Å². The van der Waals surface area contributed by atoms with E-state index in [4.69, 9.17) is 4.74 Å². The molecule has 1 N–H and O–H groups in total. The van der Waals surface area contributed by atoms with Gasteiger partial charge >= 0.3 is 0 Å². The predicted molar refractivity (Wildman–Crippen MR) is 81.2 cm³/mol. The van der Waals surface area contributed by atoms with Crippen LogP contribution in [0.5, 0.6) is 5.75 Å². The van der Waals surface area contributed by atoms with Crippen molar-refractivity contribution in [3.05, 3.63) is 28.2 Å². The van der Waals surface area contributed by atoms with Crippen molar-refractivity contribution in [2.45, 2.75) is 46.3 Å². The highest BCUT2D eigenvalue weighted by molar-refractivity contribution is 9.10. The number of ether oxygens (including phenoxy) is 1. The summed E-state index contributed by atoms with van der Waals surface area (Å²) in [5.41, 5.74) is 1.26. The van der Waals surface area contributed by atoms with Crippen LogP contribution in [0.15, 0.2) is 22.7 Å². The van der Waals surface area contributed by atoms with Crippen LogP contribution in [-0.2, 0) is 0 Å². The van der Waals surface area contributed by atoms with Gasteiger partial charge in [-0.3, -0.25) is 0 Å². The van der Waals surface area contributed by atoms with E-state index in [0.717, 1.165) is 16.6 Å². The Labute approximate surface area is 119 Å². The van der Waals surface area contributed by atoms with Crippen LogP contribution in [0.2, 0.25) is 0 Å². The van der Waals surface area contributed by atoms with Crippen LogP contribution in [0.25, 0.3) is 0 Å². The van der Waals surface area contributed by atoms with Crippen LogP contribution in [0.3, 0.4) is 0 Å². The van der Waals surface area contributed by atoms with E-state index in [2.05, 4.69) is 61.1 Å². The summed E-state index contributed by atoms with van der Waals surface area (Å²) < 4.78 is 6.98. The second-order valence-corrected chi connectivity index (χ2v) is 6.11. The maximum Gasteiger partial charge on any atom is 0.133 e. The molecule has 0 spiro atoms. The van der Waals surface area contributed by atoms with Gasteiger partial charge in [0.05, 0.1) is 10.6 Å². The number of halogens is 1. The van der Waals surface area contributed by atoms with Gasteiger partial charge in [0.15, 0.2) is 0 Å². The summed E-state index contributed by atoms with van der Waals surface area (Å²) in [6.07, 6.45) is 1.31. The van der Waals surface area contributed by atoms with E-state index < -0.39 is 0 Å². The van der Waals surface area contributed by atoms with Crippen LogP contribution in [0.4, 0.5) is 0 Å². The minimum atomic E-state index is 0.244. The largest absolute Gasteiger partial charge is 0.490 e. The molecule has 3 heteroatoms. The van der Waals surface area contributed by atoms with Crippen molar-refractivity contribution in [3.8, 4) is 5.75 Å². The molecule has 0 saturated carbocycles. The van der Waals surface area contributed by atoms with Crippen LogP contribution in [-0.4, -0.2) is 13.2 Å². The van der Waals surface area contributed by atoms with Gasteiger partial charge in [-0.05, 0) is 66.9 Å².